The van der Waals surface area contributed by atoms with Gasteiger partial charge in [-0.05, 0) is 38.0 Å². The summed E-state index contributed by atoms with van der Waals surface area (Å²) in [5.74, 6) is 1.11. The van der Waals surface area contributed by atoms with E-state index < -0.39 is 0 Å². The van der Waals surface area contributed by atoms with E-state index in [0.717, 1.165) is 12.5 Å². The zero-order chi connectivity index (χ0) is 12.1. The molecular formula is C14H26N2O. The zero-order valence-electron chi connectivity index (χ0n) is 11.0. The van der Waals surface area contributed by atoms with Crippen molar-refractivity contribution >= 4 is 5.91 Å². The molecule has 1 amide bonds. The highest BCUT2D eigenvalue weighted by Gasteiger charge is 2.23. The molecule has 2 aliphatic carbocycles. The third-order valence-electron chi connectivity index (χ3n) is 3.98. The average Bonchev–Trinajstić information content (AvgIpc) is 3.09. The fraction of sp³-hybridized carbons (Fsp3) is 0.929. The molecule has 98 valence electrons. The summed E-state index contributed by atoms with van der Waals surface area (Å²) in [5, 5.41) is 6.58. The Balaban J connectivity index is 1.55. The highest BCUT2D eigenvalue weighted by molar-refractivity contribution is 5.76. The van der Waals surface area contributed by atoms with Crippen LogP contribution in [-0.2, 0) is 4.79 Å². The lowest BCUT2D eigenvalue weighted by Crippen LogP contribution is -2.34. The Bertz CT molecular complexity index is 251. The molecular weight excluding hydrogens is 212 g/mol. The van der Waals surface area contributed by atoms with Crippen LogP contribution in [0.3, 0.4) is 0 Å². The van der Waals surface area contributed by atoms with E-state index >= 15 is 0 Å². The van der Waals surface area contributed by atoms with Gasteiger partial charge in [0.1, 0.15) is 0 Å². The van der Waals surface area contributed by atoms with Crippen molar-refractivity contribution in [3.05, 3.63) is 0 Å². The topological polar surface area (TPSA) is 41.1 Å². The summed E-state index contributed by atoms with van der Waals surface area (Å²) in [6, 6.07) is 1.15. The molecule has 2 atom stereocenters. The van der Waals surface area contributed by atoms with Crippen LogP contribution in [-0.4, -0.2) is 24.5 Å². The zero-order valence-corrected chi connectivity index (χ0v) is 11.0. The monoisotopic (exact) mass is 238 g/mol. The van der Waals surface area contributed by atoms with Crippen molar-refractivity contribution < 1.29 is 4.79 Å². The summed E-state index contributed by atoms with van der Waals surface area (Å²) < 4.78 is 0. The van der Waals surface area contributed by atoms with E-state index in [4.69, 9.17) is 0 Å². The molecule has 2 unspecified atom stereocenters. The normalized spacial score (nSPS) is 29.7. The van der Waals surface area contributed by atoms with Crippen molar-refractivity contribution in [3.63, 3.8) is 0 Å². The van der Waals surface area contributed by atoms with Crippen molar-refractivity contribution in [1.82, 2.24) is 10.6 Å². The lowest BCUT2D eigenvalue weighted by atomic mass is 10.0. The quantitative estimate of drug-likeness (QED) is 0.721. The third-order valence-corrected chi connectivity index (χ3v) is 3.98. The van der Waals surface area contributed by atoms with E-state index in [1.165, 1.54) is 44.9 Å². The molecule has 17 heavy (non-hydrogen) atoms. The second-order valence-electron chi connectivity index (χ2n) is 5.86. The first-order chi connectivity index (χ1) is 8.24. The number of carbonyl (C=O) groups is 1. The first kappa shape index (κ1) is 12.9. The standard InChI is InChI=1S/C14H26N2O/c1-11-3-2-4-12(6-5-11)15-10-9-14(17)16-13-7-8-13/h11-13,15H,2-10H2,1H3,(H,16,17). The lowest BCUT2D eigenvalue weighted by Gasteiger charge is -2.16. The van der Waals surface area contributed by atoms with Crippen LogP contribution in [0.1, 0.15) is 58.3 Å². The summed E-state index contributed by atoms with van der Waals surface area (Å²) in [5.41, 5.74) is 0. The van der Waals surface area contributed by atoms with Gasteiger partial charge in [0.05, 0.1) is 0 Å². The minimum absolute atomic E-state index is 0.224. The highest BCUT2D eigenvalue weighted by atomic mass is 16.1. The molecule has 0 aromatic rings. The fourth-order valence-electron chi connectivity index (χ4n) is 2.61. The molecule has 2 aliphatic rings. The molecule has 3 nitrogen and oxygen atoms in total. The van der Waals surface area contributed by atoms with Crippen LogP contribution < -0.4 is 10.6 Å². The van der Waals surface area contributed by atoms with Crippen molar-refractivity contribution in [2.24, 2.45) is 5.92 Å². The lowest BCUT2D eigenvalue weighted by molar-refractivity contribution is -0.121. The van der Waals surface area contributed by atoms with Crippen LogP contribution in [0.25, 0.3) is 0 Å². The molecule has 3 heteroatoms. The van der Waals surface area contributed by atoms with Crippen LogP contribution in [0.4, 0.5) is 0 Å². The summed E-state index contributed by atoms with van der Waals surface area (Å²) in [6.07, 6.45) is 9.63. The number of rotatable bonds is 5. The maximum Gasteiger partial charge on any atom is 0.221 e. The van der Waals surface area contributed by atoms with Gasteiger partial charge in [-0.25, -0.2) is 0 Å². The van der Waals surface area contributed by atoms with E-state index in [-0.39, 0.29) is 5.91 Å². The average molecular weight is 238 g/mol. The number of hydrogen-bond acceptors (Lipinski definition) is 2. The van der Waals surface area contributed by atoms with E-state index in [1.54, 1.807) is 0 Å². The molecule has 2 fully saturated rings. The summed E-state index contributed by atoms with van der Waals surface area (Å²) >= 11 is 0. The third kappa shape index (κ3) is 5.07. The molecule has 2 rings (SSSR count). The van der Waals surface area contributed by atoms with Gasteiger partial charge in [-0.2, -0.15) is 0 Å². The van der Waals surface area contributed by atoms with Crippen LogP contribution in [0.15, 0.2) is 0 Å². The van der Waals surface area contributed by atoms with Crippen molar-refractivity contribution in [2.45, 2.75) is 70.4 Å². The predicted octanol–water partition coefficient (Wildman–Crippen LogP) is 2.21. The van der Waals surface area contributed by atoms with Gasteiger partial charge in [0, 0.05) is 25.0 Å². The Labute approximate surface area is 105 Å². The maximum absolute atomic E-state index is 11.5. The van der Waals surface area contributed by atoms with Gasteiger partial charge in [-0.3, -0.25) is 4.79 Å². The van der Waals surface area contributed by atoms with Gasteiger partial charge in [-0.1, -0.05) is 19.8 Å². The minimum atomic E-state index is 0.224. The van der Waals surface area contributed by atoms with Gasteiger partial charge in [0.25, 0.3) is 0 Å². The molecule has 2 N–H and O–H groups in total. The predicted molar refractivity (Wildman–Crippen MR) is 69.8 cm³/mol. The van der Waals surface area contributed by atoms with Crippen LogP contribution >= 0.6 is 0 Å². The number of carbonyl (C=O) groups excluding carboxylic acids is 1. The molecule has 0 spiro atoms. The van der Waals surface area contributed by atoms with E-state index in [9.17, 15) is 4.79 Å². The first-order valence-electron chi connectivity index (χ1n) is 7.27. The van der Waals surface area contributed by atoms with Crippen molar-refractivity contribution in [2.75, 3.05) is 6.54 Å². The van der Waals surface area contributed by atoms with Crippen LogP contribution in [0.5, 0.6) is 0 Å². The SMILES string of the molecule is CC1CCCC(NCCC(=O)NC2CC2)CC1. The maximum atomic E-state index is 11.5. The van der Waals surface area contributed by atoms with Gasteiger partial charge in [0.15, 0.2) is 0 Å². The first-order valence-corrected chi connectivity index (χ1v) is 7.27. The molecule has 0 aliphatic heterocycles. The van der Waals surface area contributed by atoms with Crippen LogP contribution in [0, 0.1) is 5.92 Å². The molecule has 2 saturated carbocycles. The minimum Gasteiger partial charge on any atom is -0.353 e. The molecule has 0 aromatic heterocycles. The number of hydrogen-bond donors (Lipinski definition) is 2. The Morgan fingerprint density at radius 2 is 1.82 bits per heavy atom. The summed E-state index contributed by atoms with van der Waals surface area (Å²) in [4.78, 5) is 11.5. The molecule has 0 bridgehead atoms. The number of amides is 1. The van der Waals surface area contributed by atoms with Crippen molar-refractivity contribution in [1.29, 1.82) is 0 Å². The smallest absolute Gasteiger partial charge is 0.221 e. The van der Waals surface area contributed by atoms with E-state index in [2.05, 4.69) is 17.6 Å². The Hall–Kier alpha value is -0.570. The van der Waals surface area contributed by atoms with Crippen molar-refractivity contribution in [3.8, 4) is 0 Å². The van der Waals surface area contributed by atoms with E-state index in [0.29, 0.717) is 18.5 Å². The van der Waals surface area contributed by atoms with Gasteiger partial charge in [0.2, 0.25) is 5.91 Å². The Kier molecular flexibility index (Phi) is 4.84. The summed E-state index contributed by atoms with van der Waals surface area (Å²) in [7, 11) is 0. The fourth-order valence-corrected chi connectivity index (χ4v) is 2.61. The van der Waals surface area contributed by atoms with E-state index in [1.807, 2.05) is 0 Å². The molecule has 0 saturated heterocycles. The largest absolute Gasteiger partial charge is 0.353 e. The van der Waals surface area contributed by atoms with Gasteiger partial charge >= 0.3 is 0 Å². The second-order valence-corrected chi connectivity index (χ2v) is 5.86. The second kappa shape index (κ2) is 6.39. The van der Waals surface area contributed by atoms with Crippen LogP contribution in [0.2, 0.25) is 0 Å². The Morgan fingerprint density at radius 1 is 1.06 bits per heavy atom. The molecule has 0 aromatic carbocycles. The van der Waals surface area contributed by atoms with Gasteiger partial charge in [-0.15, -0.1) is 0 Å². The van der Waals surface area contributed by atoms with Gasteiger partial charge < -0.3 is 10.6 Å². The summed E-state index contributed by atoms with van der Waals surface area (Å²) in [6.45, 7) is 3.20. The molecule has 0 heterocycles. The highest BCUT2D eigenvalue weighted by Crippen LogP contribution is 2.22. The number of nitrogens with one attached hydrogen (secondary N) is 2. The Morgan fingerprint density at radius 3 is 2.59 bits per heavy atom. The molecule has 0 radical (unpaired) electrons.